The molecule has 1 aromatic rings. The topological polar surface area (TPSA) is 49.7 Å². The van der Waals surface area contributed by atoms with Gasteiger partial charge < -0.3 is 14.9 Å². The van der Waals surface area contributed by atoms with Crippen LogP contribution in [0, 0.1) is 18.3 Å². The number of aryl methyl sites for hydroxylation is 1. The summed E-state index contributed by atoms with van der Waals surface area (Å²) in [4.78, 5) is 0. The quantitative estimate of drug-likeness (QED) is 0.770. The predicted octanol–water partition coefficient (Wildman–Crippen LogP) is 3.12. The normalized spacial score (nSPS) is 39.0. The molecule has 4 aliphatic rings. The summed E-state index contributed by atoms with van der Waals surface area (Å²) in [5.41, 5.74) is 2.79. The lowest BCUT2D eigenvalue weighted by atomic mass is 9.48. The molecule has 0 aromatic heterocycles. The summed E-state index contributed by atoms with van der Waals surface area (Å²) in [5, 5.41) is 21.0. The van der Waals surface area contributed by atoms with E-state index in [4.69, 9.17) is 4.74 Å². The van der Waals surface area contributed by atoms with Crippen molar-refractivity contribution in [1.82, 2.24) is 0 Å². The Labute approximate surface area is 125 Å². The Morgan fingerprint density at radius 1 is 1.24 bits per heavy atom. The van der Waals surface area contributed by atoms with E-state index >= 15 is 0 Å². The van der Waals surface area contributed by atoms with E-state index in [1.807, 2.05) is 13.0 Å². The smallest absolute Gasteiger partial charge is 0.171 e. The predicted molar refractivity (Wildman–Crippen MR) is 81.0 cm³/mol. The van der Waals surface area contributed by atoms with Crippen molar-refractivity contribution in [3.8, 4) is 5.75 Å². The van der Waals surface area contributed by atoms with Crippen molar-refractivity contribution >= 4 is 6.08 Å². The van der Waals surface area contributed by atoms with Gasteiger partial charge in [0.2, 0.25) is 0 Å². The van der Waals surface area contributed by atoms with Gasteiger partial charge in [0.05, 0.1) is 6.61 Å². The lowest BCUT2D eigenvalue weighted by Crippen LogP contribution is -2.68. The molecular weight excluding hydrogens is 264 g/mol. The molecule has 3 nitrogen and oxygen atoms in total. The second-order valence-corrected chi connectivity index (χ2v) is 7.51. The highest BCUT2D eigenvalue weighted by molar-refractivity contribution is 5.64. The van der Waals surface area contributed by atoms with Crippen molar-refractivity contribution in [2.45, 2.75) is 44.8 Å². The van der Waals surface area contributed by atoms with Gasteiger partial charge in [-0.2, -0.15) is 0 Å². The second kappa shape index (κ2) is 3.71. The van der Waals surface area contributed by atoms with E-state index in [9.17, 15) is 10.2 Å². The number of rotatable bonds is 0. The number of phenolic OH excluding ortho intramolecular Hbond substituents is 1. The molecule has 3 heteroatoms. The average Bonchev–Trinajstić information content (AvgIpc) is 2.43. The van der Waals surface area contributed by atoms with Crippen LogP contribution in [0.2, 0.25) is 0 Å². The molecule has 2 bridgehead atoms. The van der Waals surface area contributed by atoms with E-state index in [0.717, 1.165) is 12.0 Å². The molecule has 2 saturated heterocycles. The first kappa shape index (κ1) is 13.4. The average molecular weight is 286 g/mol. The summed E-state index contributed by atoms with van der Waals surface area (Å²) in [7, 11) is 0. The van der Waals surface area contributed by atoms with Crippen LogP contribution in [0.25, 0.3) is 6.08 Å². The van der Waals surface area contributed by atoms with E-state index in [0.29, 0.717) is 18.8 Å². The zero-order valence-electron chi connectivity index (χ0n) is 12.8. The number of hydrogen-bond acceptors (Lipinski definition) is 3. The van der Waals surface area contributed by atoms with Crippen LogP contribution < -0.4 is 0 Å². The number of allylic oxidation sites excluding steroid dienone is 1. The Morgan fingerprint density at radius 2 is 2.00 bits per heavy atom. The van der Waals surface area contributed by atoms with Crippen LogP contribution in [-0.2, 0) is 10.2 Å². The highest BCUT2D eigenvalue weighted by atomic mass is 16.6. The van der Waals surface area contributed by atoms with E-state index in [-0.39, 0.29) is 16.7 Å². The highest BCUT2D eigenvalue weighted by Gasteiger charge is 2.66. The first-order valence-corrected chi connectivity index (χ1v) is 7.69. The second-order valence-electron chi connectivity index (χ2n) is 7.51. The number of aliphatic hydroxyl groups is 1. The Kier molecular flexibility index (Phi) is 2.36. The Morgan fingerprint density at radius 3 is 2.67 bits per heavy atom. The third-order valence-electron chi connectivity index (χ3n) is 6.23. The van der Waals surface area contributed by atoms with Crippen molar-refractivity contribution in [3.63, 3.8) is 0 Å². The van der Waals surface area contributed by atoms with Crippen LogP contribution >= 0.6 is 0 Å². The van der Waals surface area contributed by atoms with Gasteiger partial charge in [-0.05, 0) is 48.1 Å². The van der Waals surface area contributed by atoms with Crippen LogP contribution in [-0.4, -0.2) is 22.6 Å². The van der Waals surface area contributed by atoms with Crippen LogP contribution in [0.3, 0.4) is 0 Å². The molecule has 5 rings (SSSR count). The van der Waals surface area contributed by atoms with Gasteiger partial charge in [0.15, 0.2) is 5.79 Å². The van der Waals surface area contributed by atoms with Gasteiger partial charge in [-0.25, -0.2) is 0 Å². The van der Waals surface area contributed by atoms with E-state index in [2.05, 4.69) is 32.1 Å². The van der Waals surface area contributed by atoms with Gasteiger partial charge in [-0.3, -0.25) is 0 Å². The monoisotopic (exact) mass is 286 g/mol. The fourth-order valence-electron chi connectivity index (χ4n) is 4.76. The molecule has 1 aromatic carbocycles. The summed E-state index contributed by atoms with van der Waals surface area (Å²) in [6, 6.07) is 3.96. The molecule has 3 fully saturated rings. The maximum absolute atomic E-state index is 10.8. The SMILES string of the molecule is Cc1cc2c(cc1O)C13CCC(O)(OC1)C(C)(C)C3C=C2. The van der Waals surface area contributed by atoms with Crippen molar-refractivity contribution in [2.24, 2.45) is 11.3 Å². The van der Waals surface area contributed by atoms with Crippen LogP contribution in [0.4, 0.5) is 0 Å². The first-order valence-electron chi connectivity index (χ1n) is 7.69. The number of ether oxygens (including phenoxy) is 1. The Hall–Kier alpha value is -1.32. The number of aromatic hydroxyl groups is 1. The molecule has 112 valence electrons. The summed E-state index contributed by atoms with van der Waals surface area (Å²) >= 11 is 0. The van der Waals surface area contributed by atoms with Crippen LogP contribution in [0.1, 0.15) is 43.4 Å². The van der Waals surface area contributed by atoms with Crippen molar-refractivity contribution in [3.05, 3.63) is 34.9 Å². The molecule has 0 amide bonds. The van der Waals surface area contributed by atoms with Gasteiger partial charge in [-0.15, -0.1) is 0 Å². The zero-order chi connectivity index (χ0) is 15.0. The molecule has 1 spiro atoms. The minimum Gasteiger partial charge on any atom is -0.508 e. The lowest BCUT2D eigenvalue weighted by molar-refractivity contribution is -0.348. The fraction of sp³-hybridized carbons (Fsp3) is 0.556. The minimum atomic E-state index is -1.03. The Bertz CT molecular complexity index is 649. The van der Waals surface area contributed by atoms with Gasteiger partial charge in [0.25, 0.3) is 0 Å². The molecule has 2 aliphatic carbocycles. The zero-order valence-corrected chi connectivity index (χ0v) is 12.8. The highest BCUT2D eigenvalue weighted by Crippen LogP contribution is 2.63. The van der Waals surface area contributed by atoms with E-state index < -0.39 is 5.79 Å². The van der Waals surface area contributed by atoms with Crippen molar-refractivity contribution in [1.29, 1.82) is 0 Å². The number of hydrogen-bond donors (Lipinski definition) is 2. The molecule has 21 heavy (non-hydrogen) atoms. The molecule has 2 aliphatic heterocycles. The number of fused-ring (bicyclic) bond motifs is 3. The third-order valence-corrected chi connectivity index (χ3v) is 6.23. The third kappa shape index (κ3) is 1.41. The first-order chi connectivity index (χ1) is 9.80. The van der Waals surface area contributed by atoms with E-state index in [1.54, 1.807) is 0 Å². The van der Waals surface area contributed by atoms with Gasteiger partial charge >= 0.3 is 0 Å². The molecule has 0 radical (unpaired) electrons. The van der Waals surface area contributed by atoms with Gasteiger partial charge in [-0.1, -0.05) is 26.0 Å². The molecule has 2 heterocycles. The summed E-state index contributed by atoms with van der Waals surface area (Å²) in [6.07, 6.45) is 5.94. The largest absolute Gasteiger partial charge is 0.508 e. The lowest BCUT2D eigenvalue weighted by Gasteiger charge is -2.64. The summed E-state index contributed by atoms with van der Waals surface area (Å²) in [6.45, 7) is 6.63. The van der Waals surface area contributed by atoms with E-state index in [1.165, 1.54) is 11.1 Å². The summed E-state index contributed by atoms with van der Waals surface area (Å²) < 4.78 is 5.91. The van der Waals surface area contributed by atoms with Crippen LogP contribution in [0.5, 0.6) is 5.75 Å². The minimum absolute atomic E-state index is 0.122. The Balaban J connectivity index is 1.96. The van der Waals surface area contributed by atoms with Crippen LogP contribution in [0.15, 0.2) is 18.2 Å². The maximum atomic E-state index is 10.8. The molecule has 3 unspecified atom stereocenters. The number of benzene rings is 1. The summed E-state index contributed by atoms with van der Waals surface area (Å²) in [5.74, 6) is -0.456. The molecule has 3 atom stereocenters. The van der Waals surface area contributed by atoms with Crippen molar-refractivity contribution < 1.29 is 14.9 Å². The van der Waals surface area contributed by atoms with Gasteiger partial charge in [0, 0.05) is 17.3 Å². The van der Waals surface area contributed by atoms with Crippen molar-refractivity contribution in [2.75, 3.05) is 6.61 Å². The fourth-order valence-corrected chi connectivity index (χ4v) is 4.76. The maximum Gasteiger partial charge on any atom is 0.171 e. The number of phenols is 1. The molecule has 2 N–H and O–H groups in total. The molecule has 1 saturated carbocycles. The molecular formula is C18H22O3. The van der Waals surface area contributed by atoms with Gasteiger partial charge in [0.1, 0.15) is 5.75 Å². The standard InChI is InChI=1S/C18H22O3/c1-11-8-12-4-5-15-16(2,3)18(20)7-6-17(15,10-21-18)13(12)9-14(11)19/h4-5,8-9,15,19-20H,6-7,10H2,1-3H3.